The van der Waals surface area contributed by atoms with Crippen LogP contribution in [0.5, 0.6) is 5.75 Å². The summed E-state index contributed by atoms with van der Waals surface area (Å²) in [6, 6.07) is 13.5. The van der Waals surface area contributed by atoms with Crippen LogP contribution in [0.1, 0.15) is 249 Å². The number of aromatic carboxylic acids is 1. The molecule has 3 unspecified atom stereocenters. The maximum absolute atomic E-state index is 10.5. The number of hydrogen-bond donors (Lipinski definition) is 12. The molecule has 0 fully saturated rings. The van der Waals surface area contributed by atoms with E-state index in [9.17, 15) is 28.8 Å². The number of H-pyrrole nitrogens is 1. The number of cyclic esters (lactones) is 1. The molecule has 1 aromatic heterocycles. The number of aromatic hydroxyl groups is 1. The number of benzene rings is 2. The van der Waals surface area contributed by atoms with Crippen molar-refractivity contribution in [3.63, 3.8) is 0 Å². The highest BCUT2D eigenvalue weighted by molar-refractivity contribution is 5.90. The molecule has 2 aliphatic rings. The number of nitrogens with two attached hydrogens (primary N) is 1. The molecule has 21 nitrogen and oxygen atoms in total. The molecular weight excluding hydrogens is 1400 g/mol. The number of esters is 1. The maximum atomic E-state index is 10.5. The van der Waals surface area contributed by atoms with Crippen molar-refractivity contribution >= 4 is 52.9 Å². The van der Waals surface area contributed by atoms with Gasteiger partial charge in [-0.2, -0.15) is 9.59 Å². The Morgan fingerprint density at radius 2 is 0.918 bits per heavy atom. The van der Waals surface area contributed by atoms with Crippen LogP contribution < -0.4 is 5.73 Å². The highest BCUT2D eigenvalue weighted by Crippen LogP contribution is 2.22. The normalized spacial score (nSPS) is 14.2. The van der Waals surface area contributed by atoms with Crippen LogP contribution in [0.15, 0.2) is 212 Å². The molecule has 610 valence electrons. The number of nitrogens with one attached hydrogen (secondary N) is 1. The molecule has 3 atom stereocenters. The average molecular weight is 1530 g/mol. The summed E-state index contributed by atoms with van der Waals surface area (Å²) in [7, 11) is 0. The van der Waals surface area contributed by atoms with E-state index in [1.165, 1.54) is 89.2 Å². The Kier molecular flexibility index (Phi) is 74.5. The van der Waals surface area contributed by atoms with Crippen molar-refractivity contribution in [3.05, 3.63) is 223 Å². The van der Waals surface area contributed by atoms with Gasteiger partial charge in [0.25, 0.3) is 0 Å². The zero-order chi connectivity index (χ0) is 82.1. The Labute approximate surface area is 654 Å². The summed E-state index contributed by atoms with van der Waals surface area (Å²) in [5.74, 6) is -6.20. The summed E-state index contributed by atoms with van der Waals surface area (Å²) in [4.78, 5) is 81.5. The number of unbranched alkanes of at least 4 members (excludes halogenated alkanes) is 13. The van der Waals surface area contributed by atoms with Crippen molar-refractivity contribution in [2.75, 3.05) is 13.2 Å². The second-order valence-electron chi connectivity index (χ2n) is 25.2. The largest absolute Gasteiger partial charge is 0.507 e. The fraction of sp³-hybridized carbons (Fsp3) is 0.472. The quantitative estimate of drug-likeness (QED) is 0.0142. The molecule has 0 bridgehead atoms. The Hall–Kier alpha value is -9.92. The summed E-state index contributed by atoms with van der Waals surface area (Å²) in [5, 5.41) is 87.5. The molecule has 13 N–H and O–H groups in total. The summed E-state index contributed by atoms with van der Waals surface area (Å²) < 4.78 is 4.32. The van der Waals surface area contributed by atoms with Crippen LogP contribution in [0.4, 0.5) is 0 Å². The van der Waals surface area contributed by atoms with Gasteiger partial charge in [0.1, 0.15) is 17.4 Å². The third kappa shape index (κ3) is 68.6. The third-order valence-electron chi connectivity index (χ3n) is 15.8. The number of rotatable bonds is 47. The fourth-order valence-electron chi connectivity index (χ4n) is 9.82. The third-order valence-corrected chi connectivity index (χ3v) is 15.8. The molecule has 1 aliphatic heterocycles. The molecular formula is C89H130N2O19. The second-order valence-corrected chi connectivity index (χ2v) is 25.2. The van der Waals surface area contributed by atoms with Crippen molar-refractivity contribution < 1.29 is 94.2 Å². The van der Waals surface area contributed by atoms with E-state index >= 15 is 0 Å². The first-order valence-electron chi connectivity index (χ1n) is 38.8. The van der Waals surface area contributed by atoms with Crippen LogP contribution in [-0.2, 0) is 44.7 Å². The van der Waals surface area contributed by atoms with Gasteiger partial charge in [-0.15, -0.1) is 0 Å². The number of carboxylic acid groups (broad SMARTS) is 5. The monoisotopic (exact) mass is 1530 g/mol. The van der Waals surface area contributed by atoms with Crippen LogP contribution in [0.3, 0.4) is 0 Å². The smallest absolute Gasteiger partial charge is 0.377 e. The minimum absolute atomic E-state index is 0.0671. The molecule has 0 amide bonds. The highest BCUT2D eigenvalue weighted by atomic mass is 16.6. The zero-order valence-corrected chi connectivity index (χ0v) is 65.5. The second kappa shape index (κ2) is 78.7. The van der Waals surface area contributed by atoms with Gasteiger partial charge in [0.15, 0.2) is 11.9 Å². The Morgan fingerprint density at radius 3 is 1.27 bits per heavy atom. The van der Waals surface area contributed by atoms with Gasteiger partial charge in [-0.1, -0.05) is 248 Å². The number of ether oxygens (including phenoxy) is 1. The molecule has 0 radical (unpaired) electrons. The molecule has 3 aromatic rings. The van der Waals surface area contributed by atoms with Crippen molar-refractivity contribution in [2.45, 2.75) is 251 Å². The van der Waals surface area contributed by atoms with E-state index in [0.29, 0.717) is 19.3 Å². The lowest BCUT2D eigenvalue weighted by atomic mass is 9.95. The predicted molar refractivity (Wildman–Crippen MR) is 439 cm³/mol. The van der Waals surface area contributed by atoms with E-state index in [1.54, 1.807) is 18.3 Å². The minimum atomic E-state index is -1.42. The van der Waals surface area contributed by atoms with Crippen LogP contribution in [0, 0.1) is 5.92 Å². The van der Waals surface area contributed by atoms with E-state index in [2.05, 4.69) is 164 Å². The topological polar surface area (TPSA) is 390 Å². The van der Waals surface area contributed by atoms with Gasteiger partial charge in [0, 0.05) is 36.4 Å². The highest BCUT2D eigenvalue weighted by Gasteiger charge is 2.38. The standard InChI is InChI=1S/C22H32O2.C18H32O2.C18H30O2.C10H9NO2.C7H13N.C7H6O3.C6H8O6.CO2/c1-2-3-4-5-6-7-8-9-10-11-12-13-14-15-16-17-18-19-20-21-22(23)24;2*1-2-3-4-5-6-7-8-9-10-11-12-13-14-15-16-17-18(19)20;12-10(13)5-7-6-11-9-4-2-1-3-8(7)9;8-6-7-4-2-1-3-5-7;8-6-4-2-1-3-5(6)7(9)10;7-1-2(8)5-3(9)4(10)6(11)12-5;2-1-3/h3-4,6-7,9-10,12-13,15-16,18-19H,2,5,8,11,14,17,20-21H2,1H3,(H,23,24);6-7,9-10H,2-5,8,11-17H2,1H3,(H,19,20);3-4,6-7,9-10H,2,5,8,11-17H2,1H3,(H,19,20);1-4,6,11H,5H2,(H,12,13);1-2,7H,3-6,8H2;1-4,8H,(H,9,10);2,5,7-10H,1H2;/b4-3-,7-6-,10-9-,13-12-,16-15-,19-18-;7-6-,10-9-;4-3-,7-6-,10-9-;;;;;. The Morgan fingerprint density at radius 1 is 0.518 bits per heavy atom. The van der Waals surface area contributed by atoms with Gasteiger partial charge < -0.3 is 66.5 Å². The molecule has 0 spiro atoms. The molecule has 21 heteroatoms. The molecule has 1 aliphatic carbocycles. The van der Waals surface area contributed by atoms with Crippen LogP contribution in [0.25, 0.3) is 10.9 Å². The first kappa shape index (κ1) is 104. The van der Waals surface area contributed by atoms with E-state index in [-0.39, 0.29) is 30.3 Å². The van der Waals surface area contributed by atoms with Gasteiger partial charge in [-0.05, 0) is 177 Å². The zero-order valence-electron chi connectivity index (χ0n) is 65.5. The summed E-state index contributed by atoms with van der Waals surface area (Å²) in [6.45, 7) is 6.72. The molecule has 0 saturated heterocycles. The number of phenols is 1. The Balaban J connectivity index is -0.00000123. The first-order chi connectivity index (χ1) is 53.2. The number of aliphatic hydroxyl groups excluding tert-OH is 4. The van der Waals surface area contributed by atoms with Gasteiger partial charge in [-0.3, -0.25) is 19.2 Å². The lowest BCUT2D eigenvalue weighted by molar-refractivity contribution is -0.192. The van der Waals surface area contributed by atoms with Gasteiger partial charge >= 0.3 is 42.0 Å². The number of aromatic nitrogens is 1. The number of carbonyl (C=O) groups excluding carboxylic acids is 3. The lowest BCUT2D eigenvalue weighted by Crippen LogP contribution is -2.31. The van der Waals surface area contributed by atoms with Gasteiger partial charge in [0.05, 0.1) is 13.0 Å². The van der Waals surface area contributed by atoms with E-state index < -0.39 is 66.1 Å². The first-order valence-corrected chi connectivity index (χ1v) is 38.8. The van der Waals surface area contributed by atoms with Gasteiger partial charge in [-0.25, -0.2) is 9.59 Å². The van der Waals surface area contributed by atoms with E-state index in [1.807, 2.05) is 36.4 Å². The van der Waals surface area contributed by atoms with Crippen LogP contribution in [-0.4, -0.2) is 123 Å². The number of aromatic amines is 1. The molecule has 5 rings (SSSR count). The fourth-order valence-corrected chi connectivity index (χ4v) is 9.82. The van der Waals surface area contributed by atoms with Crippen molar-refractivity contribution in [3.8, 4) is 5.75 Å². The van der Waals surface area contributed by atoms with Crippen molar-refractivity contribution in [2.24, 2.45) is 11.7 Å². The van der Waals surface area contributed by atoms with E-state index in [4.69, 9.17) is 66.4 Å². The van der Waals surface area contributed by atoms with Crippen molar-refractivity contribution in [1.82, 2.24) is 4.98 Å². The number of para-hydroxylation sites is 2. The van der Waals surface area contributed by atoms with Crippen LogP contribution in [0.2, 0.25) is 0 Å². The molecule has 110 heavy (non-hydrogen) atoms. The van der Waals surface area contributed by atoms with Crippen molar-refractivity contribution in [1.29, 1.82) is 0 Å². The predicted octanol–water partition coefficient (Wildman–Crippen LogP) is 20.3. The Bertz CT molecular complexity index is 3310. The number of carboxylic acids is 5. The number of hydrogen-bond acceptors (Lipinski definition) is 15. The van der Waals surface area contributed by atoms with E-state index in [0.717, 1.165) is 138 Å². The van der Waals surface area contributed by atoms with Crippen LogP contribution >= 0.6 is 0 Å². The number of allylic oxidation sites excluding steroid dienone is 24. The molecule has 2 heterocycles. The average Bonchev–Trinajstić information content (AvgIpc) is 1.70. The SMILES string of the molecule is CC/C=C\C/C=C\C/C=C\C/C=C\C/C=C\C/C=C\CCC(=O)O.CC/C=C\C/C=C\C/C=C\CCCCCCCC(=O)O.CCCCC/C=C\C/C=C\CCCCCCCC(=O)O.NCC1CC=CCC1.O=C(O)Cc1c[nH]c2ccccc12.O=C(O)c1ccccc1O.O=C1OC(C(O)CO)C(O)=C1O.O=C=O. The lowest BCUT2D eigenvalue weighted by Gasteiger charge is -2.13. The molecule has 0 saturated carbocycles. The number of aliphatic hydroxyl groups is 4. The maximum Gasteiger partial charge on any atom is 0.377 e. The molecule has 2 aromatic carbocycles. The number of aliphatic carboxylic acids is 4. The minimum Gasteiger partial charge on any atom is -0.507 e. The number of carbonyl (C=O) groups is 6. The van der Waals surface area contributed by atoms with Gasteiger partial charge in [0.2, 0.25) is 5.76 Å². The summed E-state index contributed by atoms with van der Waals surface area (Å²) >= 11 is 0. The summed E-state index contributed by atoms with van der Waals surface area (Å²) in [5.41, 5.74) is 7.22. The summed E-state index contributed by atoms with van der Waals surface area (Å²) in [6.07, 6.45) is 85.6. The number of fused-ring (bicyclic) bond motifs is 1.